The van der Waals surface area contributed by atoms with Crippen LogP contribution in [0.4, 0.5) is 0 Å². The van der Waals surface area contributed by atoms with Crippen molar-refractivity contribution in [3.8, 4) is 0 Å². The van der Waals surface area contributed by atoms with E-state index in [-0.39, 0.29) is 0 Å². The molecule has 1 aliphatic carbocycles. The highest BCUT2D eigenvalue weighted by Gasteiger charge is 2.21. The van der Waals surface area contributed by atoms with Crippen molar-refractivity contribution in [1.29, 1.82) is 0 Å². The van der Waals surface area contributed by atoms with Gasteiger partial charge in [0, 0.05) is 0 Å². The van der Waals surface area contributed by atoms with Crippen molar-refractivity contribution in [2.45, 2.75) is 26.7 Å². The van der Waals surface area contributed by atoms with Gasteiger partial charge in [-0.25, -0.2) is 0 Å². The molecule has 0 spiro atoms. The molecule has 0 N–H and O–H groups in total. The molecule has 0 heteroatoms. The summed E-state index contributed by atoms with van der Waals surface area (Å²) >= 11 is 0. The van der Waals surface area contributed by atoms with Crippen LogP contribution >= 0.6 is 0 Å². The van der Waals surface area contributed by atoms with Crippen LogP contribution in [0.25, 0.3) is 0 Å². The van der Waals surface area contributed by atoms with Crippen LogP contribution in [-0.4, -0.2) is 0 Å². The second-order valence-corrected chi connectivity index (χ2v) is 3.77. The lowest BCUT2D eigenvalue weighted by Gasteiger charge is -2.28. The molecule has 0 aliphatic heterocycles. The minimum absolute atomic E-state index is 0.617. The molecule has 0 bridgehead atoms. The summed E-state index contributed by atoms with van der Waals surface area (Å²) < 4.78 is 0. The number of hydrogen-bond donors (Lipinski definition) is 0. The Labute approximate surface area is 75.7 Å². The van der Waals surface area contributed by atoms with E-state index < -0.39 is 0 Å². The summed E-state index contributed by atoms with van der Waals surface area (Å²) in [5.41, 5.74) is 3.08. The van der Waals surface area contributed by atoms with Crippen LogP contribution in [0.3, 0.4) is 0 Å². The first-order chi connectivity index (χ1) is 5.69. The fourth-order valence-corrected chi connectivity index (χ4v) is 1.87. The van der Waals surface area contributed by atoms with E-state index in [1.165, 1.54) is 24.0 Å². The molecule has 66 valence electrons. The van der Waals surface area contributed by atoms with Gasteiger partial charge in [0.05, 0.1) is 0 Å². The van der Waals surface area contributed by atoms with Gasteiger partial charge in [-0.15, -0.1) is 13.2 Å². The van der Waals surface area contributed by atoms with E-state index in [2.05, 4.69) is 39.2 Å². The Morgan fingerprint density at radius 1 is 1.00 bits per heavy atom. The topological polar surface area (TPSA) is 0 Å². The molecule has 0 nitrogen and oxygen atoms in total. The maximum atomic E-state index is 3.87. The normalized spacial score (nSPS) is 30.2. The van der Waals surface area contributed by atoms with Gasteiger partial charge in [0.15, 0.2) is 0 Å². The molecule has 0 fully saturated rings. The molecule has 1 rings (SSSR count). The van der Waals surface area contributed by atoms with Gasteiger partial charge in [0.1, 0.15) is 0 Å². The molecule has 0 amide bonds. The van der Waals surface area contributed by atoms with Crippen molar-refractivity contribution >= 4 is 0 Å². The molecule has 1 aliphatic rings. The van der Waals surface area contributed by atoms with E-state index in [1.807, 2.05) is 0 Å². The molecule has 12 heavy (non-hydrogen) atoms. The zero-order chi connectivity index (χ0) is 9.14. The van der Waals surface area contributed by atoms with Crippen molar-refractivity contribution in [3.63, 3.8) is 0 Å². The molecule has 0 saturated heterocycles. The summed E-state index contributed by atoms with van der Waals surface area (Å²) in [5, 5.41) is 0. The highest BCUT2D eigenvalue weighted by atomic mass is 14.3. The van der Waals surface area contributed by atoms with Crippen LogP contribution in [0.15, 0.2) is 36.5 Å². The van der Waals surface area contributed by atoms with E-state index in [1.54, 1.807) is 0 Å². The van der Waals surface area contributed by atoms with Gasteiger partial charge in [-0.3, -0.25) is 0 Å². The second kappa shape index (κ2) is 3.75. The van der Waals surface area contributed by atoms with Crippen molar-refractivity contribution in [1.82, 2.24) is 0 Å². The number of rotatable bonds is 2. The fourth-order valence-electron chi connectivity index (χ4n) is 1.87. The lowest BCUT2D eigenvalue weighted by atomic mass is 9.77. The Bertz CT molecular complexity index is 196. The van der Waals surface area contributed by atoms with Crippen LogP contribution in [-0.2, 0) is 0 Å². The third-order valence-corrected chi connectivity index (χ3v) is 2.97. The summed E-state index contributed by atoms with van der Waals surface area (Å²) in [4.78, 5) is 0. The molecule has 0 radical (unpaired) electrons. The van der Waals surface area contributed by atoms with Gasteiger partial charge >= 0.3 is 0 Å². The predicted octanol–water partition coefficient (Wildman–Crippen LogP) is 3.72. The number of hydrogen-bond acceptors (Lipinski definition) is 0. The third-order valence-electron chi connectivity index (χ3n) is 2.97. The summed E-state index contributed by atoms with van der Waals surface area (Å²) in [6.07, 6.45) is 6.49. The van der Waals surface area contributed by atoms with Crippen LogP contribution in [0, 0.1) is 11.8 Å². The van der Waals surface area contributed by atoms with Gasteiger partial charge in [0.25, 0.3) is 0 Å². The van der Waals surface area contributed by atoms with E-state index in [0.29, 0.717) is 11.8 Å². The highest BCUT2D eigenvalue weighted by Crippen LogP contribution is 2.34. The zero-order valence-corrected chi connectivity index (χ0v) is 8.14. The third kappa shape index (κ3) is 1.69. The van der Waals surface area contributed by atoms with Gasteiger partial charge in [-0.05, 0) is 38.5 Å². The van der Waals surface area contributed by atoms with Crippen LogP contribution in [0.2, 0.25) is 0 Å². The molecule has 0 aromatic carbocycles. The van der Waals surface area contributed by atoms with Gasteiger partial charge in [-0.2, -0.15) is 0 Å². The van der Waals surface area contributed by atoms with Crippen molar-refractivity contribution in [2.24, 2.45) is 11.8 Å². The monoisotopic (exact) mass is 162 g/mol. The molecular weight excluding hydrogens is 144 g/mol. The van der Waals surface area contributed by atoms with Gasteiger partial charge in [0.2, 0.25) is 0 Å². The highest BCUT2D eigenvalue weighted by molar-refractivity contribution is 5.19. The van der Waals surface area contributed by atoms with Gasteiger partial charge < -0.3 is 0 Å². The number of allylic oxidation sites excluding steroid dienone is 4. The average molecular weight is 162 g/mol. The molecular formula is C12H18. The van der Waals surface area contributed by atoms with E-state index in [4.69, 9.17) is 0 Å². The maximum Gasteiger partial charge on any atom is -0.0133 e. The second-order valence-electron chi connectivity index (χ2n) is 3.77. The van der Waals surface area contributed by atoms with Crippen molar-refractivity contribution in [2.75, 3.05) is 0 Å². The lowest BCUT2D eigenvalue weighted by Crippen LogP contribution is -2.16. The zero-order valence-electron chi connectivity index (χ0n) is 8.14. The predicted molar refractivity (Wildman–Crippen MR) is 55.0 cm³/mol. The first-order valence-electron chi connectivity index (χ1n) is 4.59. The Hall–Kier alpha value is -0.780. The summed E-state index contributed by atoms with van der Waals surface area (Å²) in [5.74, 6) is 1.23. The smallest absolute Gasteiger partial charge is 0.0133 e. The lowest BCUT2D eigenvalue weighted by molar-refractivity contribution is 0.439. The molecule has 0 aromatic heterocycles. The standard InChI is InChI=1S/C12H18/c1-5-11-7-9(3)10(4)8-12(11)6-2/h5-6,11-12H,1-2,7-8H2,3-4H3. The molecule has 0 aromatic rings. The molecule has 2 unspecified atom stereocenters. The first kappa shape index (κ1) is 9.31. The van der Waals surface area contributed by atoms with Crippen LogP contribution in [0.5, 0.6) is 0 Å². The van der Waals surface area contributed by atoms with E-state index in [9.17, 15) is 0 Å². The quantitative estimate of drug-likeness (QED) is 0.543. The minimum atomic E-state index is 0.617. The summed E-state index contributed by atoms with van der Waals surface area (Å²) in [6, 6.07) is 0. The molecule has 2 atom stereocenters. The van der Waals surface area contributed by atoms with Crippen LogP contribution in [0.1, 0.15) is 26.7 Å². The Kier molecular flexibility index (Phi) is 2.91. The SMILES string of the molecule is C=CC1CC(C)=C(C)CC1C=C. The maximum absolute atomic E-state index is 3.87. The van der Waals surface area contributed by atoms with Crippen molar-refractivity contribution < 1.29 is 0 Å². The minimum Gasteiger partial charge on any atom is -0.103 e. The fraction of sp³-hybridized carbons (Fsp3) is 0.500. The first-order valence-corrected chi connectivity index (χ1v) is 4.59. The van der Waals surface area contributed by atoms with Crippen molar-refractivity contribution in [3.05, 3.63) is 36.5 Å². The molecule has 0 saturated carbocycles. The summed E-state index contributed by atoms with van der Waals surface area (Å²) in [7, 11) is 0. The van der Waals surface area contributed by atoms with Gasteiger partial charge in [-0.1, -0.05) is 23.3 Å². The van der Waals surface area contributed by atoms with Crippen LogP contribution < -0.4 is 0 Å². The van der Waals surface area contributed by atoms with E-state index in [0.717, 1.165) is 0 Å². The largest absolute Gasteiger partial charge is 0.103 e. The average Bonchev–Trinajstić information content (AvgIpc) is 2.09. The Balaban J connectivity index is 2.81. The Morgan fingerprint density at radius 2 is 1.33 bits per heavy atom. The Morgan fingerprint density at radius 3 is 1.58 bits per heavy atom. The summed E-state index contributed by atoms with van der Waals surface area (Å²) in [6.45, 7) is 12.2. The van der Waals surface area contributed by atoms with E-state index >= 15 is 0 Å². The molecule has 0 heterocycles.